The number of benzene rings is 2. The lowest BCUT2D eigenvalue weighted by molar-refractivity contribution is 0.213. The molecule has 2 aromatic rings. The maximum absolute atomic E-state index is 8.91. The summed E-state index contributed by atoms with van der Waals surface area (Å²) in [5, 5.41) is 8.91. The maximum Gasteiger partial charge on any atom is 0.388 e. The summed E-state index contributed by atoms with van der Waals surface area (Å²) in [4.78, 5) is 3.24. The molecular weight excluding hydrogens is 360 g/mol. The van der Waals surface area contributed by atoms with Gasteiger partial charge < -0.3 is 9.47 Å². The highest BCUT2D eigenvalue weighted by Crippen LogP contribution is 2.38. The van der Waals surface area contributed by atoms with Gasteiger partial charge in [0.1, 0.15) is 24.7 Å². The average molecular weight is 396 g/mol. The van der Waals surface area contributed by atoms with Crippen LogP contribution >= 0.6 is 0 Å². The Morgan fingerprint density at radius 3 is 2.10 bits per heavy atom. The third kappa shape index (κ3) is 5.50. The van der Waals surface area contributed by atoms with Crippen molar-refractivity contribution >= 4 is 5.69 Å². The highest BCUT2D eigenvalue weighted by molar-refractivity contribution is 5.53. The molecule has 0 fully saturated rings. The maximum atomic E-state index is 8.91. The predicted molar refractivity (Wildman–Crippen MR) is 120 cm³/mol. The van der Waals surface area contributed by atoms with Crippen LogP contribution in [0.1, 0.15) is 71.1 Å². The van der Waals surface area contributed by atoms with Crippen molar-refractivity contribution in [3.05, 3.63) is 58.1 Å². The Morgan fingerprint density at radius 2 is 1.52 bits per heavy atom. The Morgan fingerprint density at radius 1 is 0.862 bits per heavy atom. The topological polar surface area (TPSA) is 46.6 Å². The van der Waals surface area contributed by atoms with Crippen molar-refractivity contribution in [2.75, 3.05) is 13.2 Å². The van der Waals surface area contributed by atoms with Crippen molar-refractivity contribution in [1.82, 2.24) is 0 Å². The fourth-order valence-corrected chi connectivity index (χ4v) is 3.14. The summed E-state index contributed by atoms with van der Waals surface area (Å²) in [6.45, 7) is 16.4. The summed E-state index contributed by atoms with van der Waals surface area (Å²) in [6.07, 6.45) is 2.13. The van der Waals surface area contributed by atoms with Crippen molar-refractivity contribution < 1.29 is 9.47 Å². The third-order valence-corrected chi connectivity index (χ3v) is 6.14. The summed E-state index contributed by atoms with van der Waals surface area (Å²) < 4.78 is 11.9. The number of ether oxygens (including phenoxy) is 2. The molecule has 0 aliphatic rings. The van der Waals surface area contributed by atoms with E-state index in [1.807, 2.05) is 13.0 Å². The highest BCUT2D eigenvalue weighted by Gasteiger charge is 2.26. The van der Waals surface area contributed by atoms with Crippen LogP contribution in [0.4, 0.5) is 5.69 Å². The molecule has 0 aliphatic carbocycles. The standard InChI is InChI=1S/C25H35N2O2/c1-8-24(4,5)19-10-13-23(21(17-19)25(6,7)9-2)29-15-14-28-20-11-12-22(27-26)18(3)16-20/h10-13,16-17H,8-9,14-15H2,1-7H3/q+1. The average Bonchev–Trinajstić information content (AvgIpc) is 2.71. The van der Waals surface area contributed by atoms with Crippen LogP contribution in [-0.2, 0) is 10.8 Å². The van der Waals surface area contributed by atoms with E-state index in [0.29, 0.717) is 18.9 Å². The van der Waals surface area contributed by atoms with Gasteiger partial charge in [0.05, 0.1) is 0 Å². The molecule has 0 bridgehead atoms. The van der Waals surface area contributed by atoms with E-state index in [4.69, 9.17) is 14.9 Å². The van der Waals surface area contributed by atoms with E-state index >= 15 is 0 Å². The smallest absolute Gasteiger partial charge is 0.388 e. The zero-order chi connectivity index (χ0) is 21.7. The van der Waals surface area contributed by atoms with E-state index in [-0.39, 0.29) is 10.8 Å². The molecule has 0 aliphatic heterocycles. The van der Waals surface area contributed by atoms with Gasteiger partial charge in [-0.2, -0.15) is 0 Å². The van der Waals surface area contributed by atoms with Crippen LogP contribution < -0.4 is 9.47 Å². The zero-order valence-corrected chi connectivity index (χ0v) is 19.0. The predicted octanol–water partition coefficient (Wildman–Crippen LogP) is 7.31. The number of nitrogens with zero attached hydrogens (tertiary/aromatic N) is 2. The monoisotopic (exact) mass is 395 g/mol. The largest absolute Gasteiger partial charge is 0.490 e. The van der Waals surface area contributed by atoms with Gasteiger partial charge in [-0.3, -0.25) is 0 Å². The Labute approximate surface area is 175 Å². The fourth-order valence-electron chi connectivity index (χ4n) is 3.14. The van der Waals surface area contributed by atoms with Gasteiger partial charge in [-0.05, 0) is 54.4 Å². The first-order valence-corrected chi connectivity index (χ1v) is 10.5. The van der Waals surface area contributed by atoms with Gasteiger partial charge in [0, 0.05) is 17.2 Å². The van der Waals surface area contributed by atoms with Gasteiger partial charge in [-0.1, -0.05) is 53.7 Å². The molecule has 0 radical (unpaired) electrons. The van der Waals surface area contributed by atoms with Crippen molar-refractivity contribution in [1.29, 1.82) is 5.39 Å². The van der Waals surface area contributed by atoms with Gasteiger partial charge in [0.25, 0.3) is 0 Å². The molecule has 0 aromatic heterocycles. The Balaban J connectivity index is 2.11. The summed E-state index contributed by atoms with van der Waals surface area (Å²) in [7, 11) is 0. The number of rotatable bonds is 9. The van der Waals surface area contributed by atoms with Gasteiger partial charge in [-0.15, -0.1) is 0 Å². The fraction of sp³-hybridized carbons (Fsp3) is 0.520. The molecular formula is C25H35N2O2+. The lowest BCUT2D eigenvalue weighted by Gasteiger charge is -2.30. The minimum atomic E-state index is 0.0385. The Hall–Kier alpha value is -2.54. The van der Waals surface area contributed by atoms with Crippen LogP contribution in [-0.4, -0.2) is 13.2 Å². The molecule has 0 N–H and O–H groups in total. The number of hydrogen-bond acceptors (Lipinski definition) is 3. The number of diazo groups is 1. The lowest BCUT2D eigenvalue weighted by Crippen LogP contribution is -2.22. The van der Waals surface area contributed by atoms with E-state index in [1.54, 1.807) is 12.1 Å². The van der Waals surface area contributed by atoms with Crippen molar-refractivity contribution in [2.45, 2.75) is 72.1 Å². The molecule has 0 atom stereocenters. The molecule has 4 heteroatoms. The first kappa shape index (κ1) is 22.7. The van der Waals surface area contributed by atoms with Crippen molar-refractivity contribution in [3.8, 4) is 11.5 Å². The van der Waals surface area contributed by atoms with Gasteiger partial charge in [0.2, 0.25) is 5.39 Å². The second-order valence-electron chi connectivity index (χ2n) is 8.93. The molecule has 0 saturated carbocycles. The van der Waals surface area contributed by atoms with E-state index in [2.05, 4.69) is 64.7 Å². The highest BCUT2D eigenvalue weighted by atomic mass is 16.5. The third-order valence-electron chi connectivity index (χ3n) is 6.14. The number of aryl methyl sites for hydroxylation is 1. The minimum absolute atomic E-state index is 0.0385. The van der Waals surface area contributed by atoms with Crippen molar-refractivity contribution in [3.63, 3.8) is 0 Å². The second-order valence-corrected chi connectivity index (χ2v) is 8.93. The normalized spacial score (nSPS) is 11.8. The first-order valence-electron chi connectivity index (χ1n) is 10.5. The van der Waals surface area contributed by atoms with Crippen LogP contribution in [0.2, 0.25) is 0 Å². The van der Waals surface area contributed by atoms with E-state index in [1.165, 1.54) is 11.1 Å². The summed E-state index contributed by atoms with van der Waals surface area (Å²) in [6, 6.07) is 12.0. The van der Waals surface area contributed by atoms with Gasteiger partial charge >= 0.3 is 5.69 Å². The second kappa shape index (κ2) is 9.31. The lowest BCUT2D eigenvalue weighted by atomic mass is 9.76. The SMILES string of the molecule is CCC(C)(C)c1ccc(OCCOc2ccc([N+]#N)c(C)c2)c(C(C)(C)CC)c1. The number of hydrogen-bond donors (Lipinski definition) is 0. The zero-order valence-electron chi connectivity index (χ0n) is 19.0. The van der Waals surface area contributed by atoms with Crippen LogP contribution in [0.15, 0.2) is 36.4 Å². The van der Waals surface area contributed by atoms with E-state index in [9.17, 15) is 0 Å². The van der Waals surface area contributed by atoms with Gasteiger partial charge in [0.15, 0.2) is 4.98 Å². The molecule has 2 rings (SSSR count). The molecule has 4 nitrogen and oxygen atoms in total. The summed E-state index contributed by atoms with van der Waals surface area (Å²) in [5.74, 6) is 1.68. The molecule has 0 amide bonds. The van der Waals surface area contributed by atoms with Crippen LogP contribution in [0, 0.1) is 12.3 Å². The first-order chi connectivity index (χ1) is 13.6. The van der Waals surface area contributed by atoms with Crippen molar-refractivity contribution in [2.24, 2.45) is 0 Å². The van der Waals surface area contributed by atoms with E-state index in [0.717, 1.165) is 29.9 Å². The van der Waals surface area contributed by atoms with E-state index < -0.39 is 0 Å². The van der Waals surface area contributed by atoms with Crippen LogP contribution in [0.5, 0.6) is 11.5 Å². The molecule has 0 saturated heterocycles. The molecule has 0 spiro atoms. The molecule has 0 heterocycles. The summed E-state index contributed by atoms with van der Waals surface area (Å²) in [5.41, 5.74) is 4.21. The molecule has 156 valence electrons. The molecule has 29 heavy (non-hydrogen) atoms. The van der Waals surface area contributed by atoms with Gasteiger partial charge in [-0.25, -0.2) is 0 Å². The Bertz CT molecular complexity index is 879. The summed E-state index contributed by atoms with van der Waals surface area (Å²) >= 11 is 0. The van der Waals surface area contributed by atoms with Crippen LogP contribution in [0.3, 0.4) is 0 Å². The minimum Gasteiger partial charge on any atom is -0.490 e. The molecule has 2 aromatic carbocycles. The quantitative estimate of drug-likeness (QED) is 0.330. The molecule has 0 unspecified atom stereocenters. The van der Waals surface area contributed by atoms with Crippen LogP contribution in [0.25, 0.3) is 4.98 Å². The Kier molecular flexibility index (Phi) is 7.30.